The van der Waals surface area contributed by atoms with Crippen LogP contribution in [0.1, 0.15) is 58.8 Å². The van der Waals surface area contributed by atoms with Gasteiger partial charge in [-0.15, -0.1) is 0 Å². The lowest BCUT2D eigenvalue weighted by Crippen LogP contribution is -2.53. The molecule has 1 saturated heterocycles. The van der Waals surface area contributed by atoms with Crippen molar-refractivity contribution in [1.29, 1.82) is 0 Å². The van der Waals surface area contributed by atoms with Gasteiger partial charge in [0.15, 0.2) is 0 Å². The van der Waals surface area contributed by atoms with Gasteiger partial charge in [0.25, 0.3) is 0 Å². The number of nitrogens with one attached hydrogen (secondary N) is 1. The van der Waals surface area contributed by atoms with Crippen molar-refractivity contribution in [2.45, 2.75) is 70.9 Å². The van der Waals surface area contributed by atoms with E-state index in [1.54, 1.807) is 0 Å². The monoisotopic (exact) mass is 268 g/mol. The first kappa shape index (κ1) is 14.6. The zero-order valence-corrected chi connectivity index (χ0v) is 12.3. The van der Waals surface area contributed by atoms with E-state index < -0.39 is 0 Å². The van der Waals surface area contributed by atoms with Gasteiger partial charge in [0.1, 0.15) is 0 Å². The van der Waals surface area contributed by atoms with Gasteiger partial charge in [-0.2, -0.15) is 0 Å². The van der Waals surface area contributed by atoms with Crippen molar-refractivity contribution in [1.82, 2.24) is 10.2 Å². The summed E-state index contributed by atoms with van der Waals surface area (Å²) in [7, 11) is 0. The van der Waals surface area contributed by atoms with Crippen molar-refractivity contribution in [2.75, 3.05) is 13.2 Å². The third-order valence-electron chi connectivity index (χ3n) is 4.91. The van der Waals surface area contributed by atoms with Gasteiger partial charge < -0.3 is 15.3 Å². The molecule has 2 fully saturated rings. The van der Waals surface area contributed by atoms with Crippen LogP contribution in [-0.4, -0.2) is 41.3 Å². The Bertz CT molecular complexity index is 315. The number of nitrogens with zero attached hydrogens (tertiary/aromatic N) is 1. The molecule has 2 atom stereocenters. The van der Waals surface area contributed by atoms with E-state index in [1.165, 1.54) is 19.3 Å². The Morgan fingerprint density at radius 1 is 1.32 bits per heavy atom. The lowest BCUT2D eigenvalue weighted by molar-refractivity contribution is 0.125. The summed E-state index contributed by atoms with van der Waals surface area (Å²) in [5.41, 5.74) is 0.220. The Morgan fingerprint density at radius 2 is 2.11 bits per heavy atom. The standard InChI is InChI=1S/C15H28N2O2/c1-15(2)9-5-7-13(15)16-14(19)17-10-4-3-6-12(17)8-11-18/h12-13,18H,3-11H2,1-2H3,(H,16,19). The van der Waals surface area contributed by atoms with Gasteiger partial charge in [-0.05, 0) is 43.9 Å². The summed E-state index contributed by atoms with van der Waals surface area (Å²) in [6, 6.07) is 0.609. The average molecular weight is 268 g/mol. The molecule has 2 unspecified atom stereocenters. The van der Waals surface area contributed by atoms with Crippen molar-refractivity contribution in [2.24, 2.45) is 5.41 Å². The molecule has 1 aliphatic heterocycles. The number of piperidine rings is 1. The van der Waals surface area contributed by atoms with Crippen LogP contribution in [0.4, 0.5) is 4.79 Å². The van der Waals surface area contributed by atoms with Gasteiger partial charge in [-0.1, -0.05) is 20.3 Å². The number of hydrogen-bond donors (Lipinski definition) is 2. The molecule has 2 aliphatic rings. The molecular weight excluding hydrogens is 240 g/mol. The maximum absolute atomic E-state index is 12.5. The summed E-state index contributed by atoms with van der Waals surface area (Å²) in [6.45, 7) is 5.49. The summed E-state index contributed by atoms with van der Waals surface area (Å²) in [6.07, 6.45) is 7.49. The highest BCUT2D eigenvalue weighted by atomic mass is 16.3. The van der Waals surface area contributed by atoms with Crippen molar-refractivity contribution in [3.63, 3.8) is 0 Å². The van der Waals surface area contributed by atoms with E-state index in [-0.39, 0.29) is 24.1 Å². The first-order valence-corrected chi connectivity index (χ1v) is 7.72. The Balaban J connectivity index is 1.94. The largest absolute Gasteiger partial charge is 0.396 e. The van der Waals surface area contributed by atoms with E-state index in [4.69, 9.17) is 5.11 Å². The number of rotatable bonds is 3. The minimum atomic E-state index is 0.0816. The van der Waals surface area contributed by atoms with E-state index in [9.17, 15) is 4.79 Å². The van der Waals surface area contributed by atoms with Crippen LogP contribution in [-0.2, 0) is 0 Å². The third kappa shape index (κ3) is 3.41. The van der Waals surface area contributed by atoms with E-state index in [0.29, 0.717) is 12.5 Å². The molecule has 1 saturated carbocycles. The van der Waals surface area contributed by atoms with Crippen LogP contribution >= 0.6 is 0 Å². The number of urea groups is 1. The van der Waals surface area contributed by atoms with Crippen molar-refractivity contribution in [3.8, 4) is 0 Å². The second kappa shape index (κ2) is 6.12. The summed E-state index contributed by atoms with van der Waals surface area (Å²) < 4.78 is 0. The predicted octanol–water partition coefficient (Wildman–Crippen LogP) is 2.51. The van der Waals surface area contributed by atoms with Crippen molar-refractivity contribution >= 4 is 6.03 Å². The molecule has 0 radical (unpaired) electrons. The minimum Gasteiger partial charge on any atom is -0.396 e. The van der Waals surface area contributed by atoms with Gasteiger partial charge >= 0.3 is 6.03 Å². The van der Waals surface area contributed by atoms with Gasteiger partial charge in [-0.3, -0.25) is 0 Å². The quantitative estimate of drug-likeness (QED) is 0.826. The average Bonchev–Trinajstić information content (AvgIpc) is 2.70. The van der Waals surface area contributed by atoms with E-state index in [2.05, 4.69) is 19.2 Å². The van der Waals surface area contributed by atoms with Crippen LogP contribution in [0.2, 0.25) is 0 Å². The van der Waals surface area contributed by atoms with Crippen LogP contribution in [0, 0.1) is 5.41 Å². The van der Waals surface area contributed by atoms with E-state index in [1.807, 2.05) is 4.90 Å². The molecule has 19 heavy (non-hydrogen) atoms. The van der Waals surface area contributed by atoms with Gasteiger partial charge in [0, 0.05) is 25.2 Å². The summed E-state index contributed by atoms with van der Waals surface area (Å²) >= 11 is 0. The predicted molar refractivity (Wildman–Crippen MR) is 76.0 cm³/mol. The normalized spacial score (nSPS) is 30.4. The smallest absolute Gasteiger partial charge is 0.317 e. The molecule has 0 aromatic carbocycles. The SMILES string of the molecule is CC1(C)CCCC1NC(=O)N1CCCCC1CCO. The Kier molecular flexibility index (Phi) is 4.71. The molecule has 0 aromatic rings. The molecule has 4 nitrogen and oxygen atoms in total. The minimum absolute atomic E-state index is 0.0816. The molecule has 110 valence electrons. The van der Waals surface area contributed by atoms with Gasteiger partial charge in [0.2, 0.25) is 0 Å². The number of aliphatic hydroxyl groups is 1. The molecule has 0 spiro atoms. The molecule has 0 aromatic heterocycles. The Morgan fingerprint density at radius 3 is 2.74 bits per heavy atom. The molecular formula is C15H28N2O2. The van der Waals surface area contributed by atoms with E-state index in [0.717, 1.165) is 25.8 Å². The highest BCUT2D eigenvalue weighted by Crippen LogP contribution is 2.37. The maximum atomic E-state index is 12.5. The molecule has 2 N–H and O–H groups in total. The number of aliphatic hydroxyl groups excluding tert-OH is 1. The lowest BCUT2D eigenvalue weighted by atomic mass is 9.87. The van der Waals surface area contributed by atoms with Crippen LogP contribution in [0.5, 0.6) is 0 Å². The first-order valence-electron chi connectivity index (χ1n) is 7.72. The molecule has 1 aliphatic carbocycles. The van der Waals surface area contributed by atoms with Crippen LogP contribution < -0.4 is 5.32 Å². The first-order chi connectivity index (χ1) is 9.04. The molecule has 4 heteroatoms. The fourth-order valence-corrected chi connectivity index (χ4v) is 3.54. The third-order valence-corrected chi connectivity index (χ3v) is 4.91. The number of amides is 2. The number of carbonyl (C=O) groups excluding carboxylic acids is 1. The van der Waals surface area contributed by atoms with E-state index >= 15 is 0 Å². The van der Waals surface area contributed by atoms with Gasteiger partial charge in [-0.25, -0.2) is 4.79 Å². The topological polar surface area (TPSA) is 52.6 Å². The highest BCUT2D eigenvalue weighted by molar-refractivity contribution is 5.75. The summed E-state index contributed by atoms with van der Waals surface area (Å²) in [5.74, 6) is 0. The second-order valence-electron chi connectivity index (χ2n) is 6.74. The molecule has 2 amide bonds. The summed E-state index contributed by atoms with van der Waals surface area (Å²) in [5, 5.41) is 12.4. The van der Waals surface area contributed by atoms with Crippen LogP contribution in [0.25, 0.3) is 0 Å². The molecule has 2 rings (SSSR count). The van der Waals surface area contributed by atoms with Crippen LogP contribution in [0.15, 0.2) is 0 Å². The summed E-state index contributed by atoms with van der Waals surface area (Å²) in [4.78, 5) is 14.4. The molecule has 1 heterocycles. The molecule has 0 bridgehead atoms. The number of carbonyl (C=O) groups is 1. The second-order valence-corrected chi connectivity index (χ2v) is 6.74. The highest BCUT2D eigenvalue weighted by Gasteiger charge is 2.37. The number of likely N-dealkylation sites (tertiary alicyclic amines) is 1. The van der Waals surface area contributed by atoms with Crippen molar-refractivity contribution in [3.05, 3.63) is 0 Å². The van der Waals surface area contributed by atoms with Gasteiger partial charge in [0.05, 0.1) is 0 Å². The zero-order valence-electron chi connectivity index (χ0n) is 12.3. The number of hydrogen-bond acceptors (Lipinski definition) is 2. The van der Waals surface area contributed by atoms with Crippen molar-refractivity contribution < 1.29 is 9.90 Å². The zero-order chi connectivity index (χ0) is 13.9. The van der Waals surface area contributed by atoms with Crippen LogP contribution in [0.3, 0.4) is 0 Å². The fraction of sp³-hybridized carbons (Fsp3) is 0.933. The lowest BCUT2D eigenvalue weighted by Gasteiger charge is -2.38. The maximum Gasteiger partial charge on any atom is 0.317 e. The Labute approximate surface area is 116 Å². The Hall–Kier alpha value is -0.770. The fourth-order valence-electron chi connectivity index (χ4n) is 3.54.